The van der Waals surface area contributed by atoms with E-state index in [1.165, 1.54) is 34.8 Å². The number of aromatic nitrogens is 3. The first-order chi connectivity index (χ1) is 15.4. The fourth-order valence-electron chi connectivity index (χ4n) is 3.15. The monoisotopic (exact) mass is 488 g/mol. The maximum Gasteiger partial charge on any atom is 0.337 e. The zero-order chi connectivity index (χ0) is 22.8. The van der Waals surface area contributed by atoms with Gasteiger partial charge in [0, 0.05) is 10.7 Å². The van der Waals surface area contributed by atoms with Crippen LogP contribution in [0.15, 0.2) is 62.5 Å². The molecular weight excluding hydrogens is 472 g/mol. The first-order valence-electron chi connectivity index (χ1n) is 9.32. The van der Waals surface area contributed by atoms with Crippen molar-refractivity contribution in [3.8, 4) is 11.4 Å². The molecule has 0 bridgehead atoms. The van der Waals surface area contributed by atoms with Gasteiger partial charge in [0.15, 0.2) is 9.99 Å². The van der Waals surface area contributed by atoms with Crippen LogP contribution in [0.25, 0.3) is 16.0 Å². The largest absolute Gasteiger partial charge is 0.495 e. The van der Waals surface area contributed by atoms with Gasteiger partial charge in [0.2, 0.25) is 5.91 Å². The summed E-state index contributed by atoms with van der Waals surface area (Å²) >= 11 is 8.41. The highest BCUT2D eigenvalue weighted by molar-refractivity contribution is 8.00. The van der Waals surface area contributed by atoms with Crippen molar-refractivity contribution in [2.45, 2.75) is 10.9 Å². The van der Waals surface area contributed by atoms with E-state index >= 15 is 0 Å². The van der Waals surface area contributed by atoms with Gasteiger partial charge in [-0.25, -0.2) is 14.3 Å². The van der Waals surface area contributed by atoms with Gasteiger partial charge in [-0.2, -0.15) is 0 Å². The topological polar surface area (TPSA) is 95.2 Å². The zero-order valence-corrected chi connectivity index (χ0v) is 19.4. The van der Waals surface area contributed by atoms with E-state index in [0.717, 1.165) is 4.57 Å². The lowest BCUT2D eigenvalue weighted by molar-refractivity contribution is -0.116. The maximum atomic E-state index is 13.4. The molecule has 0 atom stereocenters. The molecule has 0 aliphatic carbocycles. The van der Waals surface area contributed by atoms with Crippen LogP contribution in [0, 0.1) is 0 Å². The summed E-state index contributed by atoms with van der Waals surface area (Å²) in [4.78, 5) is 43.8. The number of hydrogen-bond donors (Lipinski definition) is 1. The molecule has 164 valence electrons. The lowest BCUT2D eigenvalue weighted by atomic mass is 10.3. The first kappa shape index (κ1) is 22.1. The Kier molecular flexibility index (Phi) is 6.35. The van der Waals surface area contributed by atoms with Gasteiger partial charge in [0.1, 0.15) is 17.0 Å². The third-order valence-electron chi connectivity index (χ3n) is 4.60. The summed E-state index contributed by atoms with van der Waals surface area (Å²) < 4.78 is 8.44. The highest BCUT2D eigenvalue weighted by Crippen LogP contribution is 2.26. The summed E-state index contributed by atoms with van der Waals surface area (Å²) in [5, 5.41) is 3.27. The Morgan fingerprint density at radius 3 is 2.59 bits per heavy atom. The van der Waals surface area contributed by atoms with Crippen LogP contribution in [0.3, 0.4) is 0 Å². The average Bonchev–Trinajstić information content (AvgIpc) is 3.23. The predicted octanol–water partition coefficient (Wildman–Crippen LogP) is 3.63. The number of ether oxygens (including phenoxy) is 1. The number of hydrogen-bond acceptors (Lipinski definition) is 7. The molecule has 0 aliphatic heterocycles. The number of thiazole rings is 1. The minimum absolute atomic E-state index is 0.173. The minimum atomic E-state index is -0.684. The molecule has 1 amide bonds. The summed E-state index contributed by atoms with van der Waals surface area (Å²) in [5.41, 5.74) is -0.202. The second kappa shape index (κ2) is 9.19. The van der Waals surface area contributed by atoms with E-state index < -0.39 is 17.2 Å². The molecule has 8 nitrogen and oxygen atoms in total. The van der Waals surface area contributed by atoms with E-state index in [-0.39, 0.29) is 22.6 Å². The smallest absolute Gasteiger partial charge is 0.337 e. The number of thioether (sulfide) groups is 1. The van der Waals surface area contributed by atoms with Crippen molar-refractivity contribution in [2.75, 3.05) is 18.7 Å². The van der Waals surface area contributed by atoms with Crippen molar-refractivity contribution in [3.63, 3.8) is 0 Å². The molecule has 4 aromatic rings. The van der Waals surface area contributed by atoms with Crippen LogP contribution in [-0.2, 0) is 11.3 Å². The molecule has 4 rings (SSSR count). The van der Waals surface area contributed by atoms with Gasteiger partial charge in [-0.3, -0.25) is 14.2 Å². The van der Waals surface area contributed by atoms with E-state index in [1.54, 1.807) is 48.5 Å². The molecule has 0 aliphatic rings. The second-order valence-corrected chi connectivity index (χ2v) is 9.06. The van der Waals surface area contributed by atoms with E-state index in [0.29, 0.717) is 20.8 Å². The summed E-state index contributed by atoms with van der Waals surface area (Å²) in [6.45, 7) is -0.328. The molecule has 11 heteroatoms. The molecule has 1 N–H and O–H groups in total. The van der Waals surface area contributed by atoms with Crippen LogP contribution in [0.2, 0.25) is 5.02 Å². The Bertz CT molecular complexity index is 1430. The molecule has 32 heavy (non-hydrogen) atoms. The van der Waals surface area contributed by atoms with Crippen LogP contribution < -0.4 is 21.3 Å². The van der Waals surface area contributed by atoms with Crippen molar-refractivity contribution in [1.29, 1.82) is 0 Å². The second-order valence-electron chi connectivity index (χ2n) is 6.57. The minimum Gasteiger partial charge on any atom is -0.495 e. The van der Waals surface area contributed by atoms with Crippen molar-refractivity contribution < 1.29 is 9.53 Å². The third kappa shape index (κ3) is 4.16. The molecule has 2 heterocycles. The number of anilines is 1. The molecule has 2 aromatic carbocycles. The van der Waals surface area contributed by atoms with Gasteiger partial charge in [0.05, 0.1) is 12.8 Å². The number of fused-ring (bicyclic) bond motifs is 1. The van der Waals surface area contributed by atoms with E-state index in [2.05, 4.69) is 10.3 Å². The quantitative estimate of drug-likeness (QED) is 0.416. The number of nitrogens with one attached hydrogen (secondary N) is 1. The van der Waals surface area contributed by atoms with Gasteiger partial charge in [-0.15, -0.1) is 11.3 Å². The molecule has 0 radical (unpaired) electrons. The SMILES string of the molecule is COc1ccccc1-n1c(=O)c2sc(SC)nc2n(CC(=O)Nc2ccc(Cl)cc2)c1=O. The molecule has 0 fully saturated rings. The maximum absolute atomic E-state index is 13.4. The number of carbonyl (C=O) groups is 1. The molecule has 0 spiro atoms. The number of carbonyl (C=O) groups excluding carboxylic acids is 1. The van der Waals surface area contributed by atoms with Crippen LogP contribution in [0.4, 0.5) is 5.69 Å². The van der Waals surface area contributed by atoms with Gasteiger partial charge in [-0.1, -0.05) is 35.5 Å². The van der Waals surface area contributed by atoms with Crippen molar-refractivity contribution in [3.05, 3.63) is 74.4 Å². The van der Waals surface area contributed by atoms with E-state index in [1.807, 2.05) is 6.26 Å². The van der Waals surface area contributed by atoms with Crippen LogP contribution in [0.1, 0.15) is 0 Å². The van der Waals surface area contributed by atoms with Crippen LogP contribution >= 0.6 is 34.7 Å². The Morgan fingerprint density at radius 1 is 1.19 bits per heavy atom. The normalized spacial score (nSPS) is 11.0. The average molecular weight is 489 g/mol. The molecule has 0 saturated carbocycles. The predicted molar refractivity (Wildman–Crippen MR) is 128 cm³/mol. The Morgan fingerprint density at radius 2 is 1.91 bits per heavy atom. The highest BCUT2D eigenvalue weighted by Gasteiger charge is 2.22. The number of benzene rings is 2. The number of nitrogens with zero attached hydrogens (tertiary/aromatic N) is 3. The summed E-state index contributed by atoms with van der Waals surface area (Å²) in [5.74, 6) is -0.0857. The fourth-order valence-corrected chi connectivity index (χ4v) is 4.77. The lowest BCUT2D eigenvalue weighted by Crippen LogP contribution is -2.40. The summed E-state index contributed by atoms with van der Waals surface area (Å²) in [7, 11) is 1.46. The van der Waals surface area contributed by atoms with Crippen molar-refractivity contribution in [2.24, 2.45) is 0 Å². The number of methoxy groups -OCH3 is 1. The summed E-state index contributed by atoms with van der Waals surface area (Å²) in [6, 6.07) is 13.3. The highest BCUT2D eigenvalue weighted by atomic mass is 35.5. The van der Waals surface area contributed by atoms with Gasteiger partial charge >= 0.3 is 5.69 Å². The van der Waals surface area contributed by atoms with Crippen molar-refractivity contribution in [1.82, 2.24) is 14.1 Å². The Hall–Kier alpha value is -3.08. The van der Waals surface area contributed by atoms with Gasteiger partial charge < -0.3 is 10.1 Å². The van der Waals surface area contributed by atoms with Crippen molar-refractivity contribution >= 4 is 56.6 Å². The van der Waals surface area contributed by atoms with Gasteiger partial charge in [-0.05, 0) is 42.7 Å². The van der Waals surface area contributed by atoms with E-state index in [4.69, 9.17) is 16.3 Å². The Balaban J connectivity index is 1.86. The van der Waals surface area contributed by atoms with Crippen LogP contribution in [-0.4, -0.2) is 33.4 Å². The Labute approximate surface area is 195 Å². The molecule has 0 unspecified atom stereocenters. The molecule has 0 saturated heterocycles. The number of amides is 1. The number of halogens is 1. The van der Waals surface area contributed by atoms with E-state index in [9.17, 15) is 14.4 Å². The number of rotatable bonds is 6. The zero-order valence-electron chi connectivity index (χ0n) is 17.0. The third-order valence-corrected chi connectivity index (χ3v) is 6.86. The standard InChI is InChI=1S/C21H17ClN4O4S2/c1-30-15-6-4-3-5-14(15)26-19(28)17-18(24-20(31-2)32-17)25(21(26)29)11-16(27)23-13-9-7-12(22)8-10-13/h3-10H,11H2,1-2H3,(H,23,27). The number of para-hydroxylation sites is 2. The van der Waals surface area contributed by atoms with Crippen LogP contribution in [0.5, 0.6) is 5.75 Å². The molecular formula is C21H17ClN4O4S2. The molecule has 2 aromatic heterocycles. The fraction of sp³-hybridized carbons (Fsp3) is 0.143. The lowest BCUT2D eigenvalue weighted by Gasteiger charge is -2.13. The first-order valence-corrected chi connectivity index (χ1v) is 11.7. The summed E-state index contributed by atoms with van der Waals surface area (Å²) in [6.07, 6.45) is 1.83. The van der Waals surface area contributed by atoms with Gasteiger partial charge in [0.25, 0.3) is 5.56 Å².